The zero-order valence-corrected chi connectivity index (χ0v) is 18.8. The van der Waals surface area contributed by atoms with E-state index in [4.69, 9.17) is 9.47 Å². The lowest BCUT2D eigenvalue weighted by Gasteiger charge is -2.33. The number of aliphatic imine (C=N–C) groups is 1. The lowest BCUT2D eigenvalue weighted by Crippen LogP contribution is -2.44. The number of hydrogen-bond acceptors (Lipinski definition) is 6. The van der Waals surface area contributed by atoms with Crippen molar-refractivity contribution in [3.05, 3.63) is 48.2 Å². The normalized spacial score (nSPS) is 15.1. The smallest absolute Gasteiger partial charge is 0.195 e. The third kappa shape index (κ3) is 7.41. The van der Waals surface area contributed by atoms with Gasteiger partial charge in [-0.3, -0.25) is 4.99 Å². The molecule has 31 heavy (non-hydrogen) atoms. The van der Waals surface area contributed by atoms with Gasteiger partial charge in [-0.2, -0.15) is 0 Å². The molecule has 0 amide bonds. The Labute approximate surface area is 185 Å². The second-order valence-corrected chi connectivity index (χ2v) is 7.59. The van der Waals surface area contributed by atoms with Crippen LogP contribution in [0.15, 0.2) is 47.6 Å². The first-order valence-electron chi connectivity index (χ1n) is 10.8. The van der Waals surface area contributed by atoms with Crippen LogP contribution in [0, 0.1) is 0 Å². The van der Waals surface area contributed by atoms with Crippen LogP contribution in [0.3, 0.4) is 0 Å². The SMILES string of the molecule is CN=C(NCc1ccnc(N2CCN(C)CC2)c1)Nc1cccc(OCCCOC)c1. The summed E-state index contributed by atoms with van der Waals surface area (Å²) in [6.07, 6.45) is 2.74. The maximum Gasteiger partial charge on any atom is 0.195 e. The number of likely N-dealkylation sites (N-methyl/N-ethyl adjacent to an activating group) is 1. The van der Waals surface area contributed by atoms with E-state index < -0.39 is 0 Å². The van der Waals surface area contributed by atoms with Gasteiger partial charge in [0.25, 0.3) is 0 Å². The molecule has 2 aromatic rings. The topological polar surface area (TPSA) is 74.3 Å². The molecular formula is C23H34N6O2. The summed E-state index contributed by atoms with van der Waals surface area (Å²) in [5.41, 5.74) is 2.09. The van der Waals surface area contributed by atoms with Crippen LogP contribution in [0.25, 0.3) is 0 Å². The number of piperazine rings is 1. The molecule has 2 heterocycles. The molecule has 0 atom stereocenters. The van der Waals surface area contributed by atoms with Gasteiger partial charge in [-0.15, -0.1) is 0 Å². The van der Waals surface area contributed by atoms with Gasteiger partial charge in [0.1, 0.15) is 11.6 Å². The van der Waals surface area contributed by atoms with Crippen molar-refractivity contribution in [3.8, 4) is 5.75 Å². The van der Waals surface area contributed by atoms with E-state index in [0.29, 0.717) is 25.7 Å². The lowest BCUT2D eigenvalue weighted by atomic mass is 10.2. The van der Waals surface area contributed by atoms with Crippen molar-refractivity contribution >= 4 is 17.5 Å². The van der Waals surface area contributed by atoms with E-state index in [1.54, 1.807) is 14.2 Å². The van der Waals surface area contributed by atoms with E-state index in [9.17, 15) is 0 Å². The highest BCUT2D eigenvalue weighted by molar-refractivity contribution is 5.93. The van der Waals surface area contributed by atoms with Crippen LogP contribution < -0.4 is 20.3 Å². The van der Waals surface area contributed by atoms with Crippen molar-refractivity contribution in [2.24, 2.45) is 4.99 Å². The summed E-state index contributed by atoms with van der Waals surface area (Å²) >= 11 is 0. The Hall–Kier alpha value is -2.84. The molecule has 8 nitrogen and oxygen atoms in total. The number of guanidine groups is 1. The quantitative estimate of drug-likeness (QED) is 0.362. The highest BCUT2D eigenvalue weighted by atomic mass is 16.5. The molecule has 1 fully saturated rings. The summed E-state index contributed by atoms with van der Waals surface area (Å²) in [5, 5.41) is 6.70. The first-order chi connectivity index (χ1) is 15.2. The molecule has 3 rings (SSSR count). The van der Waals surface area contributed by atoms with E-state index in [-0.39, 0.29) is 0 Å². The second-order valence-electron chi connectivity index (χ2n) is 7.59. The van der Waals surface area contributed by atoms with Crippen LogP contribution in [0.1, 0.15) is 12.0 Å². The Morgan fingerprint density at radius 1 is 1.13 bits per heavy atom. The average molecular weight is 427 g/mol. The van der Waals surface area contributed by atoms with Gasteiger partial charge in [-0.1, -0.05) is 6.07 Å². The van der Waals surface area contributed by atoms with E-state index in [2.05, 4.69) is 43.5 Å². The summed E-state index contributed by atoms with van der Waals surface area (Å²) < 4.78 is 10.8. The number of pyridine rings is 1. The summed E-state index contributed by atoms with van der Waals surface area (Å²) in [4.78, 5) is 13.6. The number of benzene rings is 1. The number of ether oxygens (including phenoxy) is 2. The lowest BCUT2D eigenvalue weighted by molar-refractivity contribution is 0.172. The highest BCUT2D eigenvalue weighted by Gasteiger charge is 2.15. The standard InChI is InChI=1S/C23H34N6O2/c1-24-23(27-20-6-4-7-21(17-20)31-15-5-14-30-3)26-18-19-8-9-25-22(16-19)29-12-10-28(2)11-13-29/h4,6-9,16-17H,5,10-15,18H2,1-3H3,(H2,24,26,27). The van der Waals surface area contributed by atoms with Crippen molar-refractivity contribution < 1.29 is 9.47 Å². The minimum atomic E-state index is 0.627. The Morgan fingerprint density at radius 2 is 1.97 bits per heavy atom. The fraction of sp³-hybridized carbons (Fsp3) is 0.478. The maximum atomic E-state index is 5.78. The fourth-order valence-electron chi connectivity index (χ4n) is 3.34. The van der Waals surface area contributed by atoms with E-state index in [1.807, 2.05) is 36.5 Å². The number of aromatic nitrogens is 1. The summed E-state index contributed by atoms with van der Waals surface area (Å²) in [7, 11) is 5.62. The van der Waals surface area contributed by atoms with Crippen LogP contribution in [0.4, 0.5) is 11.5 Å². The maximum absolute atomic E-state index is 5.78. The van der Waals surface area contributed by atoms with Gasteiger partial charge < -0.3 is 29.9 Å². The van der Waals surface area contributed by atoms with Crippen LogP contribution in [0.5, 0.6) is 5.75 Å². The zero-order valence-electron chi connectivity index (χ0n) is 18.8. The monoisotopic (exact) mass is 426 g/mol. The average Bonchev–Trinajstić information content (AvgIpc) is 2.80. The van der Waals surface area contributed by atoms with Gasteiger partial charge >= 0.3 is 0 Å². The van der Waals surface area contributed by atoms with Crippen LogP contribution in [0.2, 0.25) is 0 Å². The van der Waals surface area contributed by atoms with Crippen LogP contribution in [-0.4, -0.2) is 76.4 Å². The number of nitrogens with zero attached hydrogens (tertiary/aromatic N) is 4. The largest absolute Gasteiger partial charge is 0.493 e. The van der Waals surface area contributed by atoms with Gasteiger partial charge in [-0.25, -0.2) is 4.98 Å². The Kier molecular flexibility index (Phi) is 8.93. The molecule has 0 unspecified atom stereocenters. The second kappa shape index (κ2) is 12.1. The minimum Gasteiger partial charge on any atom is -0.493 e. The third-order valence-corrected chi connectivity index (χ3v) is 5.18. The van der Waals surface area contributed by atoms with Crippen molar-refractivity contribution in [2.45, 2.75) is 13.0 Å². The highest BCUT2D eigenvalue weighted by Crippen LogP contribution is 2.18. The van der Waals surface area contributed by atoms with E-state index in [1.165, 1.54) is 5.56 Å². The van der Waals surface area contributed by atoms with Gasteiger partial charge in [0, 0.05) is 77.9 Å². The Bertz CT molecular complexity index is 836. The predicted octanol–water partition coefficient (Wildman–Crippen LogP) is 2.44. The molecule has 1 aliphatic rings. The van der Waals surface area contributed by atoms with Crippen molar-refractivity contribution in [3.63, 3.8) is 0 Å². The molecule has 168 valence electrons. The molecule has 0 radical (unpaired) electrons. The van der Waals surface area contributed by atoms with Gasteiger partial charge in [0.2, 0.25) is 0 Å². The van der Waals surface area contributed by atoms with Crippen molar-refractivity contribution in [1.29, 1.82) is 0 Å². The summed E-state index contributed by atoms with van der Waals surface area (Å²) in [6, 6.07) is 12.1. The number of anilines is 2. The molecule has 1 aliphatic heterocycles. The molecule has 0 spiro atoms. The Morgan fingerprint density at radius 3 is 2.74 bits per heavy atom. The molecule has 2 N–H and O–H groups in total. The van der Waals surface area contributed by atoms with Crippen LogP contribution in [-0.2, 0) is 11.3 Å². The molecular weight excluding hydrogens is 392 g/mol. The first-order valence-corrected chi connectivity index (χ1v) is 10.8. The Balaban J connectivity index is 1.52. The van der Waals surface area contributed by atoms with Crippen LogP contribution >= 0.6 is 0 Å². The first kappa shape index (κ1) is 22.8. The van der Waals surface area contributed by atoms with Gasteiger partial charge in [0.15, 0.2) is 5.96 Å². The predicted molar refractivity (Wildman–Crippen MR) is 126 cm³/mol. The van der Waals surface area contributed by atoms with E-state index in [0.717, 1.165) is 49.9 Å². The molecule has 0 saturated carbocycles. The van der Waals surface area contributed by atoms with E-state index >= 15 is 0 Å². The third-order valence-electron chi connectivity index (χ3n) is 5.18. The molecule has 1 aromatic heterocycles. The molecule has 0 bridgehead atoms. The summed E-state index contributed by atoms with van der Waals surface area (Å²) in [5.74, 6) is 2.56. The number of rotatable bonds is 9. The van der Waals surface area contributed by atoms with Gasteiger partial charge in [-0.05, 0) is 36.9 Å². The molecule has 1 saturated heterocycles. The molecule has 0 aliphatic carbocycles. The number of hydrogen-bond donors (Lipinski definition) is 2. The minimum absolute atomic E-state index is 0.627. The fourth-order valence-corrected chi connectivity index (χ4v) is 3.34. The number of nitrogens with one attached hydrogen (secondary N) is 2. The summed E-state index contributed by atoms with van der Waals surface area (Å²) in [6.45, 7) is 6.13. The van der Waals surface area contributed by atoms with Gasteiger partial charge in [0.05, 0.1) is 6.61 Å². The number of methoxy groups -OCH3 is 1. The van der Waals surface area contributed by atoms with Crippen molar-refractivity contribution in [1.82, 2.24) is 15.2 Å². The van der Waals surface area contributed by atoms with Crippen molar-refractivity contribution in [2.75, 3.05) is 70.8 Å². The zero-order chi connectivity index (χ0) is 21.9. The molecule has 1 aromatic carbocycles. The molecule has 8 heteroatoms.